The lowest BCUT2D eigenvalue weighted by Gasteiger charge is -2.11. The molecule has 0 saturated heterocycles. The predicted molar refractivity (Wildman–Crippen MR) is 104 cm³/mol. The Morgan fingerprint density at radius 3 is 2.31 bits per heavy atom. The molecule has 3 N–H and O–H groups in total. The molecule has 0 unspecified atom stereocenters. The highest BCUT2D eigenvalue weighted by Crippen LogP contribution is 2.30. The Morgan fingerprint density at radius 2 is 1.69 bits per heavy atom. The SMILES string of the molecule is COc1cccc(C[NH2+]Cc2cn(C)c3ccccc23)c1OC.O=C([O-])C(=O)O. The van der Waals surface area contributed by atoms with Gasteiger partial charge in [-0.05, 0) is 18.2 Å². The molecule has 0 radical (unpaired) electrons. The molecule has 0 bridgehead atoms. The topological polar surface area (TPSA) is 117 Å². The maximum Gasteiger partial charge on any atom is 0.351 e. The van der Waals surface area contributed by atoms with Crippen LogP contribution in [0.5, 0.6) is 11.5 Å². The van der Waals surface area contributed by atoms with Gasteiger partial charge in [-0.3, -0.25) is 0 Å². The number of ether oxygens (including phenoxy) is 2. The van der Waals surface area contributed by atoms with Crippen LogP contribution in [0.1, 0.15) is 11.1 Å². The normalized spacial score (nSPS) is 10.2. The Balaban J connectivity index is 0.000000438. The number of carbonyl (C=O) groups is 2. The molecule has 0 fully saturated rings. The van der Waals surface area contributed by atoms with E-state index in [1.165, 1.54) is 16.5 Å². The number of benzene rings is 2. The Morgan fingerprint density at radius 1 is 1.03 bits per heavy atom. The largest absolute Gasteiger partial charge is 0.539 e. The molecule has 0 aliphatic heterocycles. The van der Waals surface area contributed by atoms with Crippen LogP contribution < -0.4 is 19.9 Å². The zero-order valence-electron chi connectivity index (χ0n) is 16.5. The third-order valence-electron chi connectivity index (χ3n) is 4.37. The van der Waals surface area contributed by atoms with Crippen molar-refractivity contribution in [3.05, 3.63) is 59.8 Å². The molecule has 0 aliphatic rings. The Bertz CT molecular complexity index is 984. The van der Waals surface area contributed by atoms with E-state index in [4.69, 9.17) is 29.3 Å². The highest BCUT2D eigenvalue weighted by molar-refractivity contribution is 6.26. The number of carbonyl (C=O) groups excluding carboxylic acids is 1. The molecule has 0 aliphatic carbocycles. The lowest BCUT2D eigenvalue weighted by Crippen LogP contribution is -2.80. The number of quaternary nitrogens is 1. The van der Waals surface area contributed by atoms with Crippen molar-refractivity contribution in [2.75, 3.05) is 14.2 Å². The molecule has 29 heavy (non-hydrogen) atoms. The second kappa shape index (κ2) is 10.1. The lowest BCUT2D eigenvalue weighted by atomic mass is 10.1. The second-order valence-electron chi connectivity index (χ2n) is 6.22. The predicted octanol–water partition coefficient (Wildman–Crippen LogP) is 0.280. The number of fused-ring (bicyclic) bond motifs is 1. The number of methoxy groups -OCH3 is 2. The average Bonchev–Trinajstić information content (AvgIpc) is 3.04. The zero-order chi connectivity index (χ0) is 21.4. The number of aryl methyl sites for hydroxylation is 1. The van der Waals surface area contributed by atoms with Crippen molar-refractivity contribution in [1.82, 2.24) is 4.57 Å². The smallest absolute Gasteiger partial charge is 0.351 e. The molecule has 0 atom stereocenters. The summed E-state index contributed by atoms with van der Waals surface area (Å²) in [5.74, 6) is -2.40. The van der Waals surface area contributed by atoms with Crippen molar-refractivity contribution >= 4 is 22.8 Å². The lowest BCUT2D eigenvalue weighted by molar-refractivity contribution is -0.686. The quantitative estimate of drug-likeness (QED) is 0.574. The fraction of sp³-hybridized carbons (Fsp3) is 0.238. The summed E-state index contributed by atoms with van der Waals surface area (Å²) in [6.07, 6.45) is 2.21. The molecular formula is C21H24N2O6. The zero-order valence-corrected chi connectivity index (χ0v) is 16.5. The minimum absolute atomic E-state index is 0.781. The summed E-state index contributed by atoms with van der Waals surface area (Å²) in [5.41, 5.74) is 3.77. The minimum atomic E-state index is -2.07. The van der Waals surface area contributed by atoms with Crippen molar-refractivity contribution in [2.45, 2.75) is 13.1 Å². The summed E-state index contributed by atoms with van der Waals surface area (Å²) in [7, 11) is 5.45. The van der Waals surface area contributed by atoms with Gasteiger partial charge in [0.1, 0.15) is 13.1 Å². The minimum Gasteiger partial charge on any atom is -0.539 e. The van der Waals surface area contributed by atoms with Gasteiger partial charge in [-0.25, -0.2) is 4.79 Å². The van der Waals surface area contributed by atoms with Gasteiger partial charge in [0, 0.05) is 29.7 Å². The van der Waals surface area contributed by atoms with Crippen LogP contribution in [0.3, 0.4) is 0 Å². The molecule has 0 amide bonds. The first-order valence-electron chi connectivity index (χ1n) is 8.87. The number of para-hydroxylation sites is 2. The summed E-state index contributed by atoms with van der Waals surface area (Å²) in [4.78, 5) is 18.0. The molecule has 3 rings (SSSR count). The fourth-order valence-corrected chi connectivity index (χ4v) is 3.09. The van der Waals surface area contributed by atoms with Crippen molar-refractivity contribution in [3.8, 4) is 11.5 Å². The molecule has 1 heterocycles. The summed E-state index contributed by atoms with van der Waals surface area (Å²) < 4.78 is 13.0. The highest BCUT2D eigenvalue weighted by Gasteiger charge is 2.12. The number of rotatable bonds is 6. The number of nitrogens with zero attached hydrogens (tertiary/aromatic N) is 1. The third kappa shape index (κ3) is 5.49. The van der Waals surface area contributed by atoms with E-state index in [1.54, 1.807) is 14.2 Å². The number of aromatic nitrogens is 1. The van der Waals surface area contributed by atoms with Gasteiger partial charge in [0.2, 0.25) is 0 Å². The first-order chi connectivity index (χ1) is 13.9. The van der Waals surface area contributed by atoms with Gasteiger partial charge in [0.15, 0.2) is 17.5 Å². The molecule has 8 nitrogen and oxygen atoms in total. The van der Waals surface area contributed by atoms with E-state index in [-0.39, 0.29) is 0 Å². The van der Waals surface area contributed by atoms with Gasteiger partial charge < -0.3 is 34.4 Å². The number of hydrogen-bond acceptors (Lipinski definition) is 5. The molecule has 0 spiro atoms. The van der Waals surface area contributed by atoms with E-state index in [9.17, 15) is 0 Å². The molecular weight excluding hydrogens is 376 g/mol. The van der Waals surface area contributed by atoms with E-state index in [0.717, 1.165) is 30.2 Å². The van der Waals surface area contributed by atoms with Gasteiger partial charge in [0.25, 0.3) is 0 Å². The van der Waals surface area contributed by atoms with E-state index in [1.807, 2.05) is 12.1 Å². The second-order valence-corrected chi connectivity index (χ2v) is 6.22. The van der Waals surface area contributed by atoms with Gasteiger partial charge in [-0.2, -0.15) is 0 Å². The molecule has 1 aromatic heterocycles. The summed E-state index contributed by atoms with van der Waals surface area (Å²) >= 11 is 0. The summed E-state index contributed by atoms with van der Waals surface area (Å²) in [6, 6.07) is 14.5. The number of carboxylic acids is 2. The van der Waals surface area contributed by atoms with Crippen LogP contribution in [0.2, 0.25) is 0 Å². The van der Waals surface area contributed by atoms with E-state index >= 15 is 0 Å². The number of aliphatic carboxylic acids is 2. The van der Waals surface area contributed by atoms with E-state index < -0.39 is 11.9 Å². The van der Waals surface area contributed by atoms with Crippen LogP contribution in [-0.2, 0) is 29.7 Å². The maximum absolute atomic E-state index is 9.04. The average molecular weight is 400 g/mol. The molecule has 0 saturated carbocycles. The van der Waals surface area contributed by atoms with Gasteiger partial charge in [-0.15, -0.1) is 0 Å². The first-order valence-corrected chi connectivity index (χ1v) is 8.87. The number of hydrogen-bond donors (Lipinski definition) is 2. The van der Waals surface area contributed by atoms with Crippen LogP contribution >= 0.6 is 0 Å². The van der Waals surface area contributed by atoms with Crippen LogP contribution in [0.25, 0.3) is 10.9 Å². The van der Waals surface area contributed by atoms with Crippen LogP contribution in [-0.4, -0.2) is 35.8 Å². The first kappa shape index (κ1) is 21.8. The van der Waals surface area contributed by atoms with Gasteiger partial charge in [-0.1, -0.05) is 24.3 Å². The highest BCUT2D eigenvalue weighted by atomic mass is 16.5. The molecule has 2 aromatic carbocycles. The Labute approximate surface area is 168 Å². The van der Waals surface area contributed by atoms with Crippen LogP contribution in [0, 0.1) is 0 Å². The van der Waals surface area contributed by atoms with Crippen molar-refractivity contribution in [2.24, 2.45) is 7.05 Å². The van der Waals surface area contributed by atoms with Crippen molar-refractivity contribution in [1.29, 1.82) is 0 Å². The molecule has 3 aromatic rings. The molecule has 154 valence electrons. The Kier molecular flexibility index (Phi) is 7.62. The van der Waals surface area contributed by atoms with Crippen LogP contribution in [0.15, 0.2) is 48.7 Å². The fourth-order valence-electron chi connectivity index (χ4n) is 3.09. The Hall–Kier alpha value is -3.52. The van der Waals surface area contributed by atoms with Gasteiger partial charge >= 0.3 is 5.97 Å². The van der Waals surface area contributed by atoms with Crippen LogP contribution in [0.4, 0.5) is 0 Å². The van der Waals surface area contributed by atoms with E-state index in [2.05, 4.69) is 53.5 Å². The van der Waals surface area contributed by atoms with Crippen molar-refractivity contribution in [3.63, 3.8) is 0 Å². The standard InChI is InChI=1S/C19H22N2O2.C2H2O4/c1-21-13-15(16-8-4-5-9-17(16)21)12-20-11-14-7-6-10-18(22-2)19(14)23-3;3-1(4)2(5)6/h4-10,13,20H,11-12H2,1-3H3;(H,3,4)(H,5,6). The maximum atomic E-state index is 9.04. The molecule has 8 heteroatoms. The summed E-state index contributed by atoms with van der Waals surface area (Å²) in [5, 5.41) is 19.9. The van der Waals surface area contributed by atoms with Gasteiger partial charge in [0.05, 0.1) is 19.8 Å². The van der Waals surface area contributed by atoms with E-state index in [0.29, 0.717) is 0 Å². The van der Waals surface area contributed by atoms with Crippen molar-refractivity contribution < 1.29 is 34.6 Å². The monoisotopic (exact) mass is 400 g/mol. The number of nitrogens with two attached hydrogens (primary N) is 1. The number of carboxylic acid groups (broad SMARTS) is 2. The summed E-state index contributed by atoms with van der Waals surface area (Å²) in [6.45, 7) is 1.78. The third-order valence-corrected chi connectivity index (χ3v) is 4.37.